The first-order valence-corrected chi connectivity index (χ1v) is 5.97. The van der Waals surface area contributed by atoms with E-state index in [1.165, 1.54) is 12.1 Å². The van der Waals surface area contributed by atoms with Crippen LogP contribution >= 0.6 is 11.6 Å². The van der Waals surface area contributed by atoms with E-state index in [0.29, 0.717) is 0 Å². The first kappa shape index (κ1) is 15.2. The van der Waals surface area contributed by atoms with Crippen LogP contribution < -0.4 is 0 Å². The van der Waals surface area contributed by atoms with E-state index in [0.717, 1.165) is 0 Å². The standard InChI is InChI=1S/C13H13ClO5/c1-2-19-10(15)8-13(14,12(17)18)11(16)9-6-4-3-5-7-9/h3-7H,2,8H2,1H3,(H,17,18). The molecular formula is C13H13ClO5. The van der Waals surface area contributed by atoms with Crippen molar-refractivity contribution in [3.63, 3.8) is 0 Å². The molecule has 6 heteroatoms. The monoisotopic (exact) mass is 284 g/mol. The summed E-state index contributed by atoms with van der Waals surface area (Å²) in [6, 6.07) is 7.72. The molecule has 5 nitrogen and oxygen atoms in total. The number of carboxylic acid groups (broad SMARTS) is 1. The highest BCUT2D eigenvalue weighted by atomic mass is 35.5. The van der Waals surface area contributed by atoms with Crippen molar-refractivity contribution < 1.29 is 24.2 Å². The van der Waals surface area contributed by atoms with Crippen molar-refractivity contribution in [2.45, 2.75) is 18.2 Å². The van der Waals surface area contributed by atoms with Crippen LogP contribution in [0.5, 0.6) is 0 Å². The Morgan fingerprint density at radius 2 is 1.84 bits per heavy atom. The Morgan fingerprint density at radius 3 is 2.32 bits per heavy atom. The topological polar surface area (TPSA) is 80.7 Å². The summed E-state index contributed by atoms with van der Waals surface area (Å²) in [5.41, 5.74) is 0.129. The Hall–Kier alpha value is -1.88. The SMILES string of the molecule is CCOC(=O)CC(Cl)(C(=O)O)C(=O)c1ccccc1. The molecule has 102 valence electrons. The summed E-state index contributed by atoms with van der Waals surface area (Å²) >= 11 is 5.84. The predicted octanol–water partition coefficient (Wildman–Crippen LogP) is 1.88. The number of esters is 1. The molecule has 0 spiro atoms. The van der Waals surface area contributed by atoms with E-state index in [4.69, 9.17) is 16.7 Å². The maximum atomic E-state index is 12.1. The molecule has 1 rings (SSSR count). The van der Waals surface area contributed by atoms with Gasteiger partial charge in [-0.3, -0.25) is 9.59 Å². The number of rotatable bonds is 6. The average Bonchev–Trinajstić information content (AvgIpc) is 2.38. The summed E-state index contributed by atoms with van der Waals surface area (Å²) in [5, 5.41) is 9.12. The third-order valence-electron chi connectivity index (χ3n) is 2.43. The number of carboxylic acids is 1. The van der Waals surface area contributed by atoms with Crippen LogP contribution in [0.4, 0.5) is 0 Å². The summed E-state index contributed by atoms with van der Waals surface area (Å²) in [4.78, 5) is 32.4. The van der Waals surface area contributed by atoms with E-state index in [2.05, 4.69) is 4.74 Å². The molecule has 0 aliphatic carbocycles. The molecule has 0 aliphatic rings. The van der Waals surface area contributed by atoms with Gasteiger partial charge in [0.25, 0.3) is 0 Å². The van der Waals surface area contributed by atoms with Crippen LogP contribution in [0.15, 0.2) is 30.3 Å². The van der Waals surface area contributed by atoms with Gasteiger partial charge in [0.1, 0.15) is 0 Å². The lowest BCUT2D eigenvalue weighted by atomic mass is 9.93. The molecule has 0 aliphatic heterocycles. The van der Waals surface area contributed by atoms with Gasteiger partial charge in [0.15, 0.2) is 5.78 Å². The minimum atomic E-state index is -2.34. The Labute approximate surface area is 115 Å². The number of halogens is 1. The van der Waals surface area contributed by atoms with E-state index < -0.39 is 29.0 Å². The van der Waals surface area contributed by atoms with E-state index in [1.54, 1.807) is 25.1 Å². The number of hydrogen-bond acceptors (Lipinski definition) is 4. The Bertz CT molecular complexity index is 485. The van der Waals surface area contributed by atoms with Crippen LogP contribution in [-0.2, 0) is 14.3 Å². The molecule has 1 unspecified atom stereocenters. The number of alkyl halides is 1. The fourth-order valence-electron chi connectivity index (χ4n) is 1.48. The number of Topliss-reactive ketones (excluding diaryl/α,β-unsaturated/α-hetero) is 1. The van der Waals surface area contributed by atoms with Crippen molar-refractivity contribution in [2.75, 3.05) is 6.61 Å². The normalized spacial score (nSPS) is 13.4. The van der Waals surface area contributed by atoms with Gasteiger partial charge < -0.3 is 9.84 Å². The molecule has 0 heterocycles. The van der Waals surface area contributed by atoms with Crippen molar-refractivity contribution in [1.82, 2.24) is 0 Å². The summed E-state index contributed by atoms with van der Waals surface area (Å²) in [6.45, 7) is 1.67. The minimum Gasteiger partial charge on any atom is -0.480 e. The quantitative estimate of drug-likeness (QED) is 0.373. The molecule has 0 radical (unpaired) electrons. The zero-order chi connectivity index (χ0) is 14.5. The molecule has 0 saturated carbocycles. The summed E-state index contributed by atoms with van der Waals surface area (Å²) < 4.78 is 4.63. The van der Waals surface area contributed by atoms with Crippen molar-refractivity contribution in [1.29, 1.82) is 0 Å². The largest absolute Gasteiger partial charge is 0.480 e. The maximum Gasteiger partial charge on any atom is 0.333 e. The molecule has 1 aromatic rings. The van der Waals surface area contributed by atoms with E-state index in [1.807, 2.05) is 0 Å². The predicted molar refractivity (Wildman–Crippen MR) is 68.2 cm³/mol. The van der Waals surface area contributed by atoms with Gasteiger partial charge >= 0.3 is 11.9 Å². The number of benzene rings is 1. The molecule has 1 aromatic carbocycles. The third kappa shape index (κ3) is 3.54. The van der Waals surface area contributed by atoms with Gasteiger partial charge in [-0.1, -0.05) is 41.9 Å². The van der Waals surface area contributed by atoms with Crippen LogP contribution in [0.2, 0.25) is 0 Å². The Kier molecular flexibility index (Phi) is 5.06. The molecule has 19 heavy (non-hydrogen) atoms. The van der Waals surface area contributed by atoms with Crippen LogP contribution in [0.25, 0.3) is 0 Å². The fourth-order valence-corrected chi connectivity index (χ4v) is 1.70. The van der Waals surface area contributed by atoms with Crippen LogP contribution in [0.3, 0.4) is 0 Å². The number of ether oxygens (including phenoxy) is 1. The number of carbonyl (C=O) groups is 3. The molecule has 0 fully saturated rings. The van der Waals surface area contributed by atoms with E-state index in [-0.39, 0.29) is 12.2 Å². The minimum absolute atomic E-state index is 0.0882. The van der Waals surface area contributed by atoms with Gasteiger partial charge in [0.05, 0.1) is 13.0 Å². The zero-order valence-corrected chi connectivity index (χ0v) is 11.0. The number of ketones is 1. The van der Waals surface area contributed by atoms with Crippen molar-refractivity contribution >= 4 is 29.3 Å². The summed E-state index contributed by atoms with van der Waals surface area (Å²) in [6.07, 6.45) is -0.717. The molecule has 0 aromatic heterocycles. The van der Waals surface area contributed by atoms with Crippen LogP contribution in [0.1, 0.15) is 23.7 Å². The molecule has 0 amide bonds. The first-order valence-electron chi connectivity index (χ1n) is 5.59. The lowest BCUT2D eigenvalue weighted by molar-refractivity contribution is -0.148. The second kappa shape index (κ2) is 6.33. The van der Waals surface area contributed by atoms with Crippen LogP contribution in [-0.4, -0.2) is 34.3 Å². The summed E-state index contributed by atoms with van der Waals surface area (Å²) in [7, 11) is 0. The fraction of sp³-hybridized carbons (Fsp3) is 0.308. The highest BCUT2D eigenvalue weighted by Gasteiger charge is 2.47. The lowest BCUT2D eigenvalue weighted by Crippen LogP contribution is -2.43. The van der Waals surface area contributed by atoms with Gasteiger partial charge in [-0.05, 0) is 6.92 Å². The molecular weight excluding hydrogens is 272 g/mol. The van der Waals surface area contributed by atoms with E-state index in [9.17, 15) is 14.4 Å². The first-order chi connectivity index (χ1) is 8.91. The van der Waals surface area contributed by atoms with Gasteiger partial charge in [-0.15, -0.1) is 0 Å². The highest BCUT2D eigenvalue weighted by molar-refractivity contribution is 6.48. The average molecular weight is 285 g/mol. The molecule has 0 saturated heterocycles. The lowest BCUT2D eigenvalue weighted by Gasteiger charge is -2.19. The Balaban J connectivity index is 3.03. The van der Waals surface area contributed by atoms with Gasteiger partial charge in [0, 0.05) is 5.56 Å². The number of hydrogen-bond donors (Lipinski definition) is 1. The third-order valence-corrected chi connectivity index (χ3v) is 2.90. The number of aliphatic carboxylic acids is 1. The highest BCUT2D eigenvalue weighted by Crippen LogP contribution is 2.26. The van der Waals surface area contributed by atoms with Crippen molar-refractivity contribution in [3.05, 3.63) is 35.9 Å². The van der Waals surface area contributed by atoms with Crippen molar-refractivity contribution in [2.24, 2.45) is 0 Å². The Morgan fingerprint density at radius 1 is 1.26 bits per heavy atom. The maximum absolute atomic E-state index is 12.1. The molecule has 1 atom stereocenters. The van der Waals surface area contributed by atoms with Gasteiger partial charge in [0.2, 0.25) is 4.87 Å². The second-order valence-electron chi connectivity index (χ2n) is 3.78. The second-order valence-corrected chi connectivity index (χ2v) is 4.43. The zero-order valence-electron chi connectivity index (χ0n) is 10.3. The van der Waals surface area contributed by atoms with E-state index >= 15 is 0 Å². The molecule has 1 N–H and O–H groups in total. The summed E-state index contributed by atoms with van der Waals surface area (Å²) in [5.74, 6) is -3.24. The van der Waals surface area contributed by atoms with Gasteiger partial charge in [-0.25, -0.2) is 4.79 Å². The van der Waals surface area contributed by atoms with Crippen molar-refractivity contribution in [3.8, 4) is 0 Å². The number of carbonyl (C=O) groups excluding carboxylic acids is 2. The van der Waals surface area contributed by atoms with Crippen LogP contribution in [0, 0.1) is 0 Å². The van der Waals surface area contributed by atoms with Gasteiger partial charge in [-0.2, -0.15) is 0 Å². The smallest absolute Gasteiger partial charge is 0.333 e. The molecule has 0 bridgehead atoms.